The minimum absolute atomic E-state index is 0. The van der Waals surface area contributed by atoms with Gasteiger partial charge in [0.25, 0.3) is 0 Å². The molecule has 0 aliphatic carbocycles. The first-order valence-corrected chi connectivity index (χ1v) is 2.96. The second-order valence-electron chi connectivity index (χ2n) is 1.92. The highest BCUT2D eigenvalue weighted by molar-refractivity contribution is 5.87. The van der Waals surface area contributed by atoms with Gasteiger partial charge < -0.3 is 9.84 Å². The minimum Gasteiger partial charge on any atom is -0.495 e. The summed E-state index contributed by atoms with van der Waals surface area (Å²) in [5.41, 5.74) is 0.129. The topological polar surface area (TPSA) is 59.4 Å². The van der Waals surface area contributed by atoms with Gasteiger partial charge in [0.1, 0.15) is 5.75 Å². The molecule has 0 saturated heterocycles. The van der Waals surface area contributed by atoms with Crippen molar-refractivity contribution in [1.29, 1.82) is 0 Å². The van der Waals surface area contributed by atoms with Gasteiger partial charge in [0.2, 0.25) is 0 Å². The monoisotopic (exact) mass is 189 g/mol. The molecule has 4 nitrogen and oxygen atoms in total. The Morgan fingerprint density at radius 2 is 2.25 bits per heavy atom. The number of carboxylic acid groups (broad SMARTS) is 1. The fraction of sp³-hybridized carbons (Fsp3) is 0.143. The summed E-state index contributed by atoms with van der Waals surface area (Å²) in [6, 6.07) is 1.41. The largest absolute Gasteiger partial charge is 0.495 e. The molecule has 0 fully saturated rings. The number of methoxy groups -OCH3 is 1. The molecule has 1 aromatic heterocycles. The molecule has 0 amide bonds. The smallest absolute Gasteiger partial charge is 0.337 e. The number of halogens is 1. The van der Waals surface area contributed by atoms with E-state index in [0.717, 1.165) is 0 Å². The Morgan fingerprint density at radius 1 is 1.58 bits per heavy atom. The van der Waals surface area contributed by atoms with Crippen LogP contribution in [0.5, 0.6) is 5.75 Å². The first-order chi connectivity index (χ1) is 5.24. The van der Waals surface area contributed by atoms with Crippen LogP contribution in [0.25, 0.3) is 0 Å². The third kappa shape index (κ3) is 2.39. The number of aromatic nitrogens is 1. The predicted octanol–water partition coefficient (Wildman–Crippen LogP) is 1.21. The van der Waals surface area contributed by atoms with E-state index in [9.17, 15) is 4.79 Å². The van der Waals surface area contributed by atoms with E-state index in [1.54, 1.807) is 0 Å². The number of rotatable bonds is 2. The van der Waals surface area contributed by atoms with E-state index < -0.39 is 5.97 Å². The molecule has 1 rings (SSSR count). The number of hydrogen-bond donors (Lipinski definition) is 1. The predicted molar refractivity (Wildman–Crippen MR) is 45.0 cm³/mol. The van der Waals surface area contributed by atoms with Gasteiger partial charge in [0, 0.05) is 6.20 Å². The van der Waals surface area contributed by atoms with Crippen molar-refractivity contribution < 1.29 is 14.6 Å². The first kappa shape index (κ1) is 10.7. The molecule has 1 heterocycles. The van der Waals surface area contributed by atoms with Gasteiger partial charge in [-0.25, -0.2) is 4.79 Å². The lowest BCUT2D eigenvalue weighted by atomic mass is 10.3. The molecule has 0 spiro atoms. The van der Waals surface area contributed by atoms with E-state index in [1.165, 1.54) is 25.6 Å². The molecule has 5 heteroatoms. The van der Waals surface area contributed by atoms with E-state index in [0.29, 0.717) is 5.75 Å². The molecule has 0 saturated carbocycles. The minimum atomic E-state index is -1.00. The van der Waals surface area contributed by atoms with Gasteiger partial charge in [-0.2, -0.15) is 0 Å². The third-order valence-corrected chi connectivity index (χ3v) is 1.20. The van der Waals surface area contributed by atoms with Gasteiger partial charge >= 0.3 is 5.97 Å². The van der Waals surface area contributed by atoms with Crippen LogP contribution >= 0.6 is 12.4 Å². The highest BCUT2D eigenvalue weighted by Gasteiger charge is 2.02. The zero-order valence-corrected chi connectivity index (χ0v) is 7.17. The number of carbonyl (C=O) groups is 1. The van der Waals surface area contributed by atoms with Crippen LogP contribution in [-0.2, 0) is 0 Å². The summed E-state index contributed by atoms with van der Waals surface area (Å²) in [5.74, 6) is -0.554. The molecule has 0 unspecified atom stereocenters. The lowest BCUT2D eigenvalue weighted by Gasteiger charge is -1.98. The van der Waals surface area contributed by atoms with Crippen LogP contribution < -0.4 is 4.74 Å². The van der Waals surface area contributed by atoms with Crippen molar-refractivity contribution in [2.24, 2.45) is 0 Å². The lowest BCUT2D eigenvalue weighted by Crippen LogP contribution is -1.97. The molecule has 0 aliphatic heterocycles. The zero-order valence-electron chi connectivity index (χ0n) is 6.35. The number of pyridine rings is 1. The maximum atomic E-state index is 10.4. The highest BCUT2D eigenvalue weighted by atomic mass is 35.5. The average molecular weight is 190 g/mol. The van der Waals surface area contributed by atoms with Gasteiger partial charge in [-0.3, -0.25) is 4.98 Å². The Labute approximate surface area is 75.6 Å². The fourth-order valence-electron chi connectivity index (χ4n) is 0.647. The van der Waals surface area contributed by atoms with E-state index in [1.807, 2.05) is 0 Å². The van der Waals surface area contributed by atoms with Crippen LogP contribution in [0.3, 0.4) is 0 Å². The molecule has 0 atom stereocenters. The number of carboxylic acids is 1. The first-order valence-electron chi connectivity index (χ1n) is 2.96. The van der Waals surface area contributed by atoms with Crippen molar-refractivity contribution in [2.45, 2.75) is 0 Å². The van der Waals surface area contributed by atoms with Gasteiger partial charge in [0.15, 0.2) is 0 Å². The molecule has 0 radical (unpaired) electrons. The van der Waals surface area contributed by atoms with Crippen LogP contribution in [0.4, 0.5) is 0 Å². The summed E-state index contributed by atoms with van der Waals surface area (Å²) in [4.78, 5) is 14.0. The van der Waals surface area contributed by atoms with Crippen molar-refractivity contribution in [3.05, 3.63) is 24.0 Å². The van der Waals surface area contributed by atoms with E-state index in [2.05, 4.69) is 4.98 Å². The van der Waals surface area contributed by atoms with Crippen molar-refractivity contribution in [3.8, 4) is 5.75 Å². The van der Waals surface area contributed by atoms with Crippen LogP contribution in [0.15, 0.2) is 18.5 Å². The van der Waals surface area contributed by atoms with E-state index in [-0.39, 0.29) is 18.0 Å². The lowest BCUT2D eigenvalue weighted by molar-refractivity contribution is 0.0696. The normalized spacial score (nSPS) is 8.42. The van der Waals surface area contributed by atoms with Crippen LogP contribution in [0, 0.1) is 0 Å². The molecule has 1 aromatic rings. The standard InChI is InChI=1S/C7H7NO3.ClH/c1-11-6-2-5(7(9)10)3-8-4-6;/h2-4H,1H3,(H,9,10);1H. The second-order valence-corrected chi connectivity index (χ2v) is 1.92. The van der Waals surface area contributed by atoms with Crippen molar-refractivity contribution in [2.75, 3.05) is 7.11 Å². The third-order valence-electron chi connectivity index (χ3n) is 1.20. The summed E-state index contributed by atoms with van der Waals surface area (Å²) in [5, 5.41) is 8.51. The van der Waals surface area contributed by atoms with Crippen LogP contribution in [0.2, 0.25) is 0 Å². The summed E-state index contributed by atoms with van der Waals surface area (Å²) >= 11 is 0. The molecule has 66 valence electrons. The van der Waals surface area contributed by atoms with E-state index in [4.69, 9.17) is 9.84 Å². The second kappa shape index (κ2) is 4.56. The van der Waals surface area contributed by atoms with Gasteiger partial charge in [0.05, 0.1) is 18.9 Å². The highest BCUT2D eigenvalue weighted by Crippen LogP contribution is 2.09. The van der Waals surface area contributed by atoms with Crippen molar-refractivity contribution >= 4 is 18.4 Å². The molecule has 12 heavy (non-hydrogen) atoms. The van der Waals surface area contributed by atoms with Crippen molar-refractivity contribution in [1.82, 2.24) is 4.98 Å². The molecule has 0 aliphatic rings. The summed E-state index contributed by atoms with van der Waals surface area (Å²) in [6.07, 6.45) is 2.72. The summed E-state index contributed by atoms with van der Waals surface area (Å²) < 4.78 is 4.78. The molecular formula is C7H8ClNO3. The SMILES string of the molecule is COc1cncc(C(=O)O)c1.Cl. The Kier molecular flexibility index (Phi) is 4.07. The quantitative estimate of drug-likeness (QED) is 0.760. The average Bonchev–Trinajstić information content (AvgIpc) is 2.05. The number of hydrogen-bond acceptors (Lipinski definition) is 3. The Hall–Kier alpha value is -1.29. The van der Waals surface area contributed by atoms with Gasteiger partial charge in [-0.15, -0.1) is 12.4 Å². The fourth-order valence-corrected chi connectivity index (χ4v) is 0.647. The summed E-state index contributed by atoms with van der Waals surface area (Å²) in [6.45, 7) is 0. The zero-order chi connectivity index (χ0) is 8.27. The molecule has 0 aromatic carbocycles. The van der Waals surface area contributed by atoms with E-state index >= 15 is 0 Å². The molecular weight excluding hydrogens is 182 g/mol. The Balaban J connectivity index is 0.00000121. The number of aromatic carboxylic acids is 1. The molecule has 0 bridgehead atoms. The van der Waals surface area contributed by atoms with Crippen LogP contribution in [0.1, 0.15) is 10.4 Å². The Bertz CT molecular complexity index is 277. The van der Waals surface area contributed by atoms with Crippen molar-refractivity contribution in [3.63, 3.8) is 0 Å². The van der Waals surface area contributed by atoms with Crippen LogP contribution in [-0.4, -0.2) is 23.2 Å². The van der Waals surface area contributed by atoms with Gasteiger partial charge in [-0.05, 0) is 6.07 Å². The maximum absolute atomic E-state index is 10.4. The number of ether oxygens (including phenoxy) is 1. The number of nitrogens with zero attached hydrogens (tertiary/aromatic N) is 1. The molecule has 1 N–H and O–H groups in total. The summed E-state index contributed by atoms with van der Waals surface area (Å²) in [7, 11) is 1.46. The van der Waals surface area contributed by atoms with Gasteiger partial charge in [-0.1, -0.05) is 0 Å². The maximum Gasteiger partial charge on any atom is 0.337 e. The Morgan fingerprint density at radius 3 is 2.75 bits per heavy atom.